The van der Waals surface area contributed by atoms with E-state index in [1.165, 1.54) is 0 Å². The SMILES string of the molecule is CCCC1(C)NC(c2ccc3c(c2)OCO3)=CC(c2ccccc2O)[NH2+]1. The molecular formula is C21H25N2O3+. The number of nitrogens with one attached hydrogen (secondary N) is 1. The number of benzene rings is 2. The van der Waals surface area contributed by atoms with Crippen LogP contribution in [0.5, 0.6) is 17.2 Å². The summed E-state index contributed by atoms with van der Waals surface area (Å²) in [7, 11) is 0. The van der Waals surface area contributed by atoms with Gasteiger partial charge in [0.25, 0.3) is 0 Å². The molecule has 2 aliphatic heterocycles. The first-order valence-corrected chi connectivity index (χ1v) is 9.12. The molecule has 2 aromatic carbocycles. The summed E-state index contributed by atoms with van der Waals surface area (Å²) >= 11 is 0. The van der Waals surface area contributed by atoms with Crippen molar-refractivity contribution in [3.63, 3.8) is 0 Å². The second kappa shape index (κ2) is 6.57. The zero-order chi connectivity index (χ0) is 18.1. The van der Waals surface area contributed by atoms with Gasteiger partial charge in [-0.3, -0.25) is 0 Å². The molecule has 2 atom stereocenters. The smallest absolute Gasteiger partial charge is 0.231 e. The molecule has 4 N–H and O–H groups in total. The van der Waals surface area contributed by atoms with Crippen LogP contribution in [0.15, 0.2) is 48.5 Å². The van der Waals surface area contributed by atoms with Crippen molar-refractivity contribution in [2.24, 2.45) is 0 Å². The lowest BCUT2D eigenvalue weighted by Crippen LogP contribution is -3.01. The van der Waals surface area contributed by atoms with Crippen molar-refractivity contribution in [2.45, 2.75) is 38.4 Å². The first-order valence-electron chi connectivity index (χ1n) is 9.12. The lowest BCUT2D eigenvalue weighted by Gasteiger charge is -2.38. The highest BCUT2D eigenvalue weighted by molar-refractivity contribution is 5.68. The lowest BCUT2D eigenvalue weighted by atomic mass is 9.94. The summed E-state index contributed by atoms with van der Waals surface area (Å²) in [5.74, 6) is 1.89. The van der Waals surface area contributed by atoms with Crippen LogP contribution in [0.1, 0.15) is 43.9 Å². The van der Waals surface area contributed by atoms with Crippen LogP contribution in [0.2, 0.25) is 0 Å². The van der Waals surface area contributed by atoms with Crippen LogP contribution in [0.25, 0.3) is 5.70 Å². The van der Waals surface area contributed by atoms with E-state index in [2.05, 4.69) is 30.6 Å². The summed E-state index contributed by atoms with van der Waals surface area (Å²) in [6, 6.07) is 13.6. The zero-order valence-corrected chi connectivity index (χ0v) is 15.2. The molecule has 0 spiro atoms. The van der Waals surface area contributed by atoms with Crippen LogP contribution in [0.3, 0.4) is 0 Å². The second-order valence-corrected chi connectivity index (χ2v) is 7.19. The minimum absolute atomic E-state index is 0.0365. The van der Waals surface area contributed by atoms with Gasteiger partial charge in [-0.05, 0) is 36.8 Å². The maximum Gasteiger partial charge on any atom is 0.231 e. The van der Waals surface area contributed by atoms with Gasteiger partial charge < -0.3 is 25.2 Å². The average molecular weight is 353 g/mol. The summed E-state index contributed by atoms with van der Waals surface area (Å²) in [5.41, 5.74) is 2.89. The zero-order valence-electron chi connectivity index (χ0n) is 15.2. The van der Waals surface area contributed by atoms with Crippen LogP contribution in [0, 0.1) is 0 Å². The number of fused-ring (bicyclic) bond motifs is 1. The van der Waals surface area contributed by atoms with Gasteiger partial charge in [-0.1, -0.05) is 19.1 Å². The summed E-state index contributed by atoms with van der Waals surface area (Å²) in [4.78, 5) is 0. The van der Waals surface area contributed by atoms with Gasteiger partial charge >= 0.3 is 0 Å². The molecule has 0 radical (unpaired) electrons. The normalized spacial score (nSPS) is 24.1. The number of quaternary nitrogens is 1. The molecule has 0 amide bonds. The van der Waals surface area contributed by atoms with Crippen LogP contribution < -0.4 is 20.1 Å². The molecule has 0 saturated heterocycles. The molecule has 2 aromatic rings. The molecular weight excluding hydrogens is 328 g/mol. The summed E-state index contributed by atoms with van der Waals surface area (Å²) < 4.78 is 11.0. The van der Waals surface area contributed by atoms with Crippen LogP contribution >= 0.6 is 0 Å². The average Bonchev–Trinajstić information content (AvgIpc) is 3.09. The van der Waals surface area contributed by atoms with Crippen LogP contribution in [-0.4, -0.2) is 17.6 Å². The number of rotatable bonds is 4. The Labute approximate surface area is 153 Å². The Bertz CT molecular complexity index is 849. The highest BCUT2D eigenvalue weighted by atomic mass is 16.7. The molecule has 0 fully saturated rings. The molecule has 26 heavy (non-hydrogen) atoms. The third kappa shape index (κ3) is 3.10. The topological polar surface area (TPSA) is 67.3 Å². The standard InChI is InChI=1S/C21H24N2O3/c1-3-10-21(2)22-16(14-8-9-19-20(11-14)26-13-25-19)12-17(23-21)15-6-4-5-7-18(15)24/h4-9,11-12,17,22-24H,3,10,13H2,1-2H3/p+1. The largest absolute Gasteiger partial charge is 0.507 e. The van der Waals surface area contributed by atoms with Gasteiger partial charge in [0.15, 0.2) is 17.2 Å². The third-order valence-electron chi connectivity index (χ3n) is 5.06. The van der Waals surface area contributed by atoms with Gasteiger partial charge in [0.2, 0.25) is 6.79 Å². The van der Waals surface area contributed by atoms with Crippen molar-refractivity contribution in [2.75, 3.05) is 6.79 Å². The van der Waals surface area contributed by atoms with Crippen LogP contribution in [-0.2, 0) is 0 Å². The highest BCUT2D eigenvalue weighted by Crippen LogP contribution is 2.36. The summed E-state index contributed by atoms with van der Waals surface area (Å²) in [6.45, 7) is 4.67. The van der Waals surface area contributed by atoms with E-state index in [4.69, 9.17) is 9.47 Å². The predicted octanol–water partition coefficient (Wildman–Crippen LogP) is 2.89. The van der Waals surface area contributed by atoms with Gasteiger partial charge in [0, 0.05) is 30.7 Å². The Morgan fingerprint density at radius 2 is 2.00 bits per heavy atom. The molecule has 136 valence electrons. The molecule has 2 unspecified atom stereocenters. The fourth-order valence-corrected chi connectivity index (χ4v) is 3.86. The molecule has 0 saturated carbocycles. The molecule has 5 nitrogen and oxygen atoms in total. The number of para-hydroxylation sites is 1. The molecule has 0 aliphatic carbocycles. The van der Waals surface area contributed by atoms with E-state index in [9.17, 15) is 5.11 Å². The number of hydrogen-bond acceptors (Lipinski definition) is 4. The molecule has 2 aliphatic rings. The van der Waals surface area contributed by atoms with Gasteiger partial charge in [-0.15, -0.1) is 0 Å². The Balaban J connectivity index is 1.75. The van der Waals surface area contributed by atoms with Crippen LogP contribution in [0.4, 0.5) is 0 Å². The molecule has 4 rings (SSSR count). The van der Waals surface area contributed by atoms with Crippen molar-refractivity contribution in [1.29, 1.82) is 0 Å². The molecule has 0 bridgehead atoms. The van der Waals surface area contributed by atoms with E-state index >= 15 is 0 Å². The van der Waals surface area contributed by atoms with Gasteiger partial charge in [-0.25, -0.2) is 0 Å². The quantitative estimate of drug-likeness (QED) is 0.791. The lowest BCUT2D eigenvalue weighted by molar-refractivity contribution is -0.758. The van der Waals surface area contributed by atoms with E-state index in [1.807, 2.05) is 36.4 Å². The second-order valence-electron chi connectivity index (χ2n) is 7.19. The van der Waals surface area contributed by atoms with E-state index in [-0.39, 0.29) is 18.5 Å². The van der Waals surface area contributed by atoms with Crippen molar-refractivity contribution in [3.05, 3.63) is 59.7 Å². The number of phenolic OH excluding ortho intramolecular Hbond substituents is 1. The Kier molecular flexibility index (Phi) is 4.24. The van der Waals surface area contributed by atoms with Crippen molar-refractivity contribution in [1.82, 2.24) is 5.32 Å². The highest BCUT2D eigenvalue weighted by Gasteiger charge is 2.36. The van der Waals surface area contributed by atoms with E-state index in [0.29, 0.717) is 5.75 Å². The van der Waals surface area contributed by atoms with E-state index in [0.717, 1.165) is 41.2 Å². The first-order chi connectivity index (χ1) is 12.6. The Hall–Kier alpha value is -2.66. The summed E-state index contributed by atoms with van der Waals surface area (Å²) in [5, 5.41) is 16.3. The number of aromatic hydroxyl groups is 1. The van der Waals surface area contributed by atoms with Crippen molar-refractivity contribution >= 4 is 5.70 Å². The van der Waals surface area contributed by atoms with Gasteiger partial charge in [0.1, 0.15) is 11.8 Å². The Morgan fingerprint density at radius 3 is 2.81 bits per heavy atom. The molecule has 5 heteroatoms. The number of hydrogen-bond donors (Lipinski definition) is 3. The number of ether oxygens (including phenoxy) is 2. The molecule has 0 aromatic heterocycles. The fourth-order valence-electron chi connectivity index (χ4n) is 3.86. The minimum Gasteiger partial charge on any atom is -0.507 e. The minimum atomic E-state index is -0.151. The summed E-state index contributed by atoms with van der Waals surface area (Å²) in [6.07, 6.45) is 4.25. The Morgan fingerprint density at radius 1 is 1.19 bits per heavy atom. The van der Waals surface area contributed by atoms with Crippen molar-refractivity contribution < 1.29 is 19.9 Å². The number of phenols is 1. The molecule has 2 heterocycles. The number of nitrogens with two attached hydrogens (primary N) is 1. The maximum absolute atomic E-state index is 10.3. The third-order valence-corrected chi connectivity index (χ3v) is 5.06. The monoisotopic (exact) mass is 353 g/mol. The first kappa shape index (κ1) is 16.8. The van der Waals surface area contributed by atoms with E-state index < -0.39 is 0 Å². The van der Waals surface area contributed by atoms with Crippen molar-refractivity contribution in [3.8, 4) is 17.2 Å². The maximum atomic E-state index is 10.3. The fraction of sp³-hybridized carbons (Fsp3) is 0.333. The van der Waals surface area contributed by atoms with E-state index in [1.54, 1.807) is 6.07 Å². The predicted molar refractivity (Wildman–Crippen MR) is 99.8 cm³/mol. The van der Waals surface area contributed by atoms with Gasteiger partial charge in [0.05, 0.1) is 5.56 Å². The van der Waals surface area contributed by atoms with Gasteiger partial charge in [-0.2, -0.15) is 0 Å².